The minimum absolute atomic E-state index is 0.163. The van der Waals surface area contributed by atoms with Crippen molar-refractivity contribution in [1.82, 2.24) is 0 Å². The van der Waals surface area contributed by atoms with Gasteiger partial charge in [0.15, 0.2) is 6.29 Å². The Labute approximate surface area is 87.4 Å². The molecule has 1 aliphatic rings. The van der Waals surface area contributed by atoms with Crippen LogP contribution in [0, 0.1) is 0 Å². The van der Waals surface area contributed by atoms with Crippen molar-refractivity contribution in [2.45, 2.75) is 30.7 Å². The first-order valence-electron chi connectivity index (χ1n) is 4.64. The van der Waals surface area contributed by atoms with Crippen molar-refractivity contribution in [2.24, 2.45) is 0 Å². The molecule has 4 N–H and O–H groups in total. The van der Waals surface area contributed by atoms with Crippen molar-refractivity contribution in [2.75, 3.05) is 13.2 Å². The molecule has 1 saturated heterocycles. The maximum Gasteiger partial charge on any atom is 0.187 e. The minimum atomic E-state index is -1.28. The lowest BCUT2D eigenvalue weighted by Gasteiger charge is -2.18. The van der Waals surface area contributed by atoms with Gasteiger partial charge in [0.2, 0.25) is 0 Å². The Morgan fingerprint density at radius 1 is 1.40 bits per heavy atom. The molecule has 1 rings (SSSR count). The van der Waals surface area contributed by atoms with E-state index in [-0.39, 0.29) is 6.61 Å². The predicted molar refractivity (Wildman–Crippen MR) is 49.9 cm³/mol. The van der Waals surface area contributed by atoms with Crippen LogP contribution >= 0.6 is 0 Å². The Balaban J connectivity index is 2.54. The molecule has 1 aliphatic heterocycles. The van der Waals surface area contributed by atoms with Gasteiger partial charge < -0.3 is 29.9 Å². The second-order valence-electron chi connectivity index (χ2n) is 3.32. The van der Waals surface area contributed by atoms with E-state index in [9.17, 15) is 15.3 Å². The number of hydrogen-bond acceptors (Lipinski definition) is 6. The maximum absolute atomic E-state index is 9.48. The van der Waals surface area contributed by atoms with Gasteiger partial charge >= 0.3 is 0 Å². The van der Waals surface area contributed by atoms with Gasteiger partial charge in [0.25, 0.3) is 0 Å². The molecule has 1 fully saturated rings. The van der Waals surface area contributed by atoms with Gasteiger partial charge in [0, 0.05) is 0 Å². The Bertz CT molecular complexity index is 209. The summed E-state index contributed by atoms with van der Waals surface area (Å²) in [7, 11) is 0. The van der Waals surface area contributed by atoms with Gasteiger partial charge in [0.1, 0.15) is 24.4 Å². The number of rotatable bonds is 5. The fourth-order valence-electron chi connectivity index (χ4n) is 1.39. The van der Waals surface area contributed by atoms with Crippen LogP contribution < -0.4 is 0 Å². The van der Waals surface area contributed by atoms with Crippen LogP contribution in [0.3, 0.4) is 0 Å². The first-order chi connectivity index (χ1) is 7.11. The van der Waals surface area contributed by atoms with Crippen LogP contribution in [0.2, 0.25) is 0 Å². The monoisotopic (exact) mass is 220 g/mol. The Morgan fingerprint density at radius 3 is 2.60 bits per heavy atom. The van der Waals surface area contributed by atoms with Crippen molar-refractivity contribution in [3.63, 3.8) is 0 Å². The Morgan fingerprint density at radius 2 is 2.07 bits per heavy atom. The lowest BCUT2D eigenvalue weighted by Crippen LogP contribution is -2.40. The zero-order valence-corrected chi connectivity index (χ0v) is 8.19. The van der Waals surface area contributed by atoms with Crippen molar-refractivity contribution in [1.29, 1.82) is 0 Å². The molecule has 6 nitrogen and oxygen atoms in total. The minimum Gasteiger partial charge on any atom is -0.394 e. The van der Waals surface area contributed by atoms with Crippen LogP contribution in [-0.2, 0) is 9.47 Å². The molecule has 0 aliphatic carbocycles. The van der Waals surface area contributed by atoms with Crippen LogP contribution in [0.25, 0.3) is 0 Å². The SMILES string of the molecule is C=CCO[C@@H]1O[C@H]([C@H](O)CO)[C@H](O)[C@H]1O. The number of aliphatic hydroxyl groups is 4. The molecule has 0 unspecified atom stereocenters. The predicted octanol–water partition coefficient (Wildman–Crippen LogP) is -2.01. The van der Waals surface area contributed by atoms with E-state index in [1.807, 2.05) is 0 Å². The first-order valence-corrected chi connectivity index (χ1v) is 4.64. The number of ether oxygens (including phenoxy) is 2. The molecular weight excluding hydrogens is 204 g/mol. The van der Waals surface area contributed by atoms with Crippen molar-refractivity contribution in [3.05, 3.63) is 12.7 Å². The van der Waals surface area contributed by atoms with Gasteiger partial charge in [-0.3, -0.25) is 0 Å². The standard InChI is InChI=1S/C9H16O6/c1-2-3-14-9-7(13)6(12)8(15-9)5(11)4-10/h2,5-13H,1,3-4H2/t5-,6-,7-,8-,9-/m1/s1. The highest BCUT2D eigenvalue weighted by Gasteiger charge is 2.46. The number of aliphatic hydroxyl groups excluding tert-OH is 4. The molecule has 15 heavy (non-hydrogen) atoms. The van der Waals surface area contributed by atoms with Crippen molar-refractivity contribution in [3.8, 4) is 0 Å². The summed E-state index contributed by atoms with van der Waals surface area (Å²) in [6, 6.07) is 0. The van der Waals surface area contributed by atoms with Gasteiger partial charge in [-0.25, -0.2) is 0 Å². The maximum atomic E-state index is 9.48. The third-order valence-electron chi connectivity index (χ3n) is 2.20. The second kappa shape index (κ2) is 5.55. The largest absolute Gasteiger partial charge is 0.394 e. The summed E-state index contributed by atoms with van der Waals surface area (Å²) in [5.41, 5.74) is 0. The highest BCUT2D eigenvalue weighted by atomic mass is 16.7. The molecule has 0 spiro atoms. The van der Waals surface area contributed by atoms with Crippen LogP contribution in [-0.4, -0.2) is 64.3 Å². The molecule has 0 saturated carbocycles. The molecule has 0 bridgehead atoms. The first kappa shape index (κ1) is 12.6. The Kier molecular flexibility index (Phi) is 4.65. The fraction of sp³-hybridized carbons (Fsp3) is 0.778. The van der Waals surface area contributed by atoms with Crippen LogP contribution in [0.5, 0.6) is 0 Å². The molecule has 0 aromatic rings. The smallest absolute Gasteiger partial charge is 0.187 e. The summed E-state index contributed by atoms with van der Waals surface area (Å²) < 4.78 is 10.1. The highest BCUT2D eigenvalue weighted by molar-refractivity contribution is 4.90. The van der Waals surface area contributed by atoms with Gasteiger partial charge in [-0.15, -0.1) is 6.58 Å². The van der Waals surface area contributed by atoms with E-state index in [2.05, 4.69) is 6.58 Å². The fourth-order valence-corrected chi connectivity index (χ4v) is 1.39. The van der Waals surface area contributed by atoms with E-state index in [4.69, 9.17) is 14.6 Å². The summed E-state index contributed by atoms with van der Waals surface area (Å²) in [5.74, 6) is 0. The molecule has 88 valence electrons. The van der Waals surface area contributed by atoms with E-state index < -0.39 is 37.3 Å². The van der Waals surface area contributed by atoms with Crippen molar-refractivity contribution >= 4 is 0 Å². The van der Waals surface area contributed by atoms with E-state index in [1.54, 1.807) is 0 Å². The summed E-state index contributed by atoms with van der Waals surface area (Å²) in [4.78, 5) is 0. The summed E-state index contributed by atoms with van der Waals surface area (Å²) in [6.07, 6.45) is -4.34. The third kappa shape index (κ3) is 2.75. The van der Waals surface area contributed by atoms with Crippen LogP contribution in [0.1, 0.15) is 0 Å². The van der Waals surface area contributed by atoms with Gasteiger partial charge in [-0.2, -0.15) is 0 Å². The third-order valence-corrected chi connectivity index (χ3v) is 2.20. The quantitative estimate of drug-likeness (QED) is 0.399. The van der Waals surface area contributed by atoms with E-state index in [0.717, 1.165) is 0 Å². The molecule has 6 heteroatoms. The van der Waals surface area contributed by atoms with E-state index in [1.165, 1.54) is 6.08 Å². The second-order valence-corrected chi connectivity index (χ2v) is 3.32. The summed E-state index contributed by atoms with van der Waals surface area (Å²) in [6.45, 7) is 3.03. The summed E-state index contributed by atoms with van der Waals surface area (Å²) in [5, 5.41) is 36.9. The van der Waals surface area contributed by atoms with Gasteiger partial charge in [-0.1, -0.05) is 6.08 Å². The van der Waals surface area contributed by atoms with Gasteiger partial charge in [0.05, 0.1) is 13.2 Å². The van der Waals surface area contributed by atoms with E-state index in [0.29, 0.717) is 0 Å². The average Bonchev–Trinajstić information content (AvgIpc) is 2.53. The van der Waals surface area contributed by atoms with Gasteiger partial charge in [-0.05, 0) is 0 Å². The molecular formula is C9H16O6. The molecule has 5 atom stereocenters. The summed E-state index contributed by atoms with van der Waals surface area (Å²) >= 11 is 0. The van der Waals surface area contributed by atoms with E-state index >= 15 is 0 Å². The zero-order chi connectivity index (χ0) is 11.4. The topological polar surface area (TPSA) is 99.4 Å². The molecule has 1 heterocycles. The van der Waals surface area contributed by atoms with Crippen molar-refractivity contribution < 1.29 is 29.9 Å². The Hall–Kier alpha value is -0.500. The molecule has 0 aromatic carbocycles. The molecule has 0 radical (unpaired) electrons. The average molecular weight is 220 g/mol. The normalized spacial score (nSPS) is 37.9. The lowest BCUT2D eigenvalue weighted by molar-refractivity contribution is -0.175. The van der Waals surface area contributed by atoms with Crippen LogP contribution in [0.4, 0.5) is 0 Å². The lowest BCUT2D eigenvalue weighted by atomic mass is 10.1. The molecule has 0 aromatic heterocycles. The zero-order valence-electron chi connectivity index (χ0n) is 8.19. The molecule has 0 amide bonds. The van der Waals surface area contributed by atoms with Crippen LogP contribution in [0.15, 0.2) is 12.7 Å². The number of hydrogen-bond donors (Lipinski definition) is 4. The highest BCUT2D eigenvalue weighted by Crippen LogP contribution is 2.24.